The number of likely N-dealkylation sites (N-methyl/N-ethyl adjacent to an activating group) is 1. The second-order valence-electron chi connectivity index (χ2n) is 5.05. The van der Waals surface area contributed by atoms with Gasteiger partial charge in [0.25, 0.3) is 11.5 Å². The van der Waals surface area contributed by atoms with Gasteiger partial charge in [0.1, 0.15) is 11.3 Å². The molecule has 130 valence electrons. The van der Waals surface area contributed by atoms with Gasteiger partial charge < -0.3 is 32.7 Å². The number of hydrogen-bond acceptors (Lipinski definition) is 4. The summed E-state index contributed by atoms with van der Waals surface area (Å²) in [5.74, 6) is -0.860. The quantitative estimate of drug-likeness (QED) is 0.408. The van der Waals surface area contributed by atoms with Gasteiger partial charge >= 0.3 is 0 Å². The zero-order chi connectivity index (χ0) is 16.8. The normalized spacial score (nSPS) is 10.2. The third-order valence-electron chi connectivity index (χ3n) is 3.52. The van der Waals surface area contributed by atoms with Crippen molar-refractivity contribution in [3.63, 3.8) is 0 Å². The molecular weight excluding hydrogens is 330 g/mol. The first kappa shape index (κ1) is 19.7. The molecule has 0 aliphatic carbocycles. The Bertz CT molecular complexity index is 786. The maximum Gasteiger partial charge on any atom is 0.268 e. The van der Waals surface area contributed by atoms with Crippen LogP contribution in [0.2, 0.25) is 0 Å². The van der Waals surface area contributed by atoms with Crippen molar-refractivity contribution in [2.75, 3.05) is 19.6 Å². The number of hydrogen-bond donors (Lipinski definition) is 3. The minimum Gasteiger partial charge on any atom is -1.00 e. The van der Waals surface area contributed by atoms with Crippen LogP contribution >= 0.6 is 0 Å². The maximum absolute atomic E-state index is 12.6. The van der Waals surface area contributed by atoms with Crippen LogP contribution in [0.15, 0.2) is 41.7 Å². The molecule has 0 spiro atoms. The molecule has 0 fully saturated rings. The summed E-state index contributed by atoms with van der Waals surface area (Å²) in [6, 6.07) is 6.93. The van der Waals surface area contributed by atoms with E-state index in [0.717, 1.165) is 6.54 Å². The van der Waals surface area contributed by atoms with E-state index in [4.69, 9.17) is 0 Å². The van der Waals surface area contributed by atoms with Crippen molar-refractivity contribution >= 4 is 16.8 Å². The highest BCUT2D eigenvalue weighted by Crippen LogP contribution is 2.26. The van der Waals surface area contributed by atoms with E-state index >= 15 is 0 Å². The second kappa shape index (κ2) is 9.10. The summed E-state index contributed by atoms with van der Waals surface area (Å²) in [6.45, 7) is 7.63. The first-order chi connectivity index (χ1) is 11.1. The molecule has 2 aromatic rings. The highest BCUT2D eigenvalue weighted by atomic mass is 35.5. The average molecular weight is 351 g/mol. The molecule has 0 aliphatic rings. The summed E-state index contributed by atoms with van der Waals surface area (Å²) in [5, 5.41) is 16.6. The van der Waals surface area contributed by atoms with E-state index in [1.807, 2.05) is 6.92 Å². The van der Waals surface area contributed by atoms with E-state index in [1.165, 1.54) is 4.57 Å². The molecule has 0 radical (unpaired) electrons. The lowest BCUT2D eigenvalue weighted by Gasteiger charge is -2.13. The third kappa shape index (κ3) is 3.96. The number of fused-ring (bicyclic) bond motifs is 1. The zero-order valence-electron chi connectivity index (χ0n) is 13.5. The number of carbonyl (C=O) groups is 1. The van der Waals surface area contributed by atoms with Crippen molar-refractivity contribution in [3.8, 4) is 5.75 Å². The molecule has 1 amide bonds. The second-order valence-corrected chi connectivity index (χ2v) is 5.05. The van der Waals surface area contributed by atoms with Crippen molar-refractivity contribution in [3.05, 3.63) is 52.8 Å². The van der Waals surface area contributed by atoms with E-state index in [1.54, 1.807) is 30.3 Å². The van der Waals surface area contributed by atoms with Gasteiger partial charge in [-0.3, -0.25) is 9.59 Å². The van der Waals surface area contributed by atoms with Crippen molar-refractivity contribution < 1.29 is 22.3 Å². The van der Waals surface area contributed by atoms with Crippen molar-refractivity contribution in [1.82, 2.24) is 15.2 Å². The van der Waals surface area contributed by atoms with Crippen LogP contribution in [0.5, 0.6) is 5.75 Å². The van der Waals surface area contributed by atoms with Gasteiger partial charge in [0.05, 0.1) is 5.52 Å². The summed E-state index contributed by atoms with van der Waals surface area (Å²) in [4.78, 5) is 24.9. The van der Waals surface area contributed by atoms with E-state index in [0.29, 0.717) is 24.0 Å². The lowest BCUT2D eigenvalue weighted by molar-refractivity contribution is -0.0000145. The van der Waals surface area contributed by atoms with Crippen LogP contribution < -0.4 is 28.6 Å². The van der Waals surface area contributed by atoms with Gasteiger partial charge in [-0.05, 0) is 18.7 Å². The molecule has 6 nitrogen and oxygen atoms in total. The Labute approximate surface area is 146 Å². The number of amides is 1. The zero-order valence-corrected chi connectivity index (χ0v) is 14.3. The molecule has 0 saturated heterocycles. The minimum atomic E-state index is -0.575. The Balaban J connectivity index is 0.00000288. The average Bonchev–Trinajstić information content (AvgIpc) is 2.55. The fraction of sp³-hybridized carbons (Fsp3) is 0.294. The molecule has 7 heteroatoms. The molecule has 0 aliphatic heterocycles. The van der Waals surface area contributed by atoms with E-state index < -0.39 is 11.5 Å². The number of benzene rings is 1. The molecule has 0 atom stereocenters. The van der Waals surface area contributed by atoms with Gasteiger partial charge in [-0.2, -0.15) is 0 Å². The van der Waals surface area contributed by atoms with Crippen LogP contribution in [0.3, 0.4) is 0 Å². The molecule has 0 saturated carbocycles. The third-order valence-corrected chi connectivity index (χ3v) is 3.52. The Kier molecular flexibility index (Phi) is 7.48. The SMILES string of the molecule is C=CCn1c(=O)c(C(=O)NCCNCC)c(O)c2ccccc21.[Cl-]. The monoisotopic (exact) mass is 350 g/mol. The number of carbonyl (C=O) groups excluding carboxylic acids is 1. The predicted octanol–water partition coefficient (Wildman–Crippen LogP) is -1.76. The summed E-state index contributed by atoms with van der Waals surface area (Å²) in [5.41, 5.74) is -0.191. The van der Waals surface area contributed by atoms with Crippen LogP contribution in [0.4, 0.5) is 0 Å². The molecule has 1 heterocycles. The Morgan fingerprint density at radius 1 is 1.33 bits per heavy atom. The van der Waals surface area contributed by atoms with Gasteiger partial charge in [0, 0.05) is 25.0 Å². The number of allylic oxidation sites excluding steroid dienone is 1. The van der Waals surface area contributed by atoms with Gasteiger partial charge in [-0.15, -0.1) is 6.58 Å². The summed E-state index contributed by atoms with van der Waals surface area (Å²) >= 11 is 0. The molecule has 1 aromatic carbocycles. The molecule has 24 heavy (non-hydrogen) atoms. The smallest absolute Gasteiger partial charge is 0.268 e. The maximum atomic E-state index is 12.6. The largest absolute Gasteiger partial charge is 1.00 e. The number of nitrogens with one attached hydrogen (secondary N) is 2. The lowest BCUT2D eigenvalue weighted by Crippen LogP contribution is -3.00. The van der Waals surface area contributed by atoms with Crippen LogP contribution in [0, 0.1) is 0 Å². The molecular formula is C17H21ClN3O3-. The first-order valence-corrected chi connectivity index (χ1v) is 7.56. The van der Waals surface area contributed by atoms with E-state index in [2.05, 4.69) is 17.2 Å². The molecule has 3 N–H and O–H groups in total. The molecule has 0 bridgehead atoms. The number of rotatable bonds is 7. The Hall–Kier alpha value is -2.31. The van der Waals surface area contributed by atoms with Gasteiger partial charge in [0.15, 0.2) is 0 Å². The number of para-hydroxylation sites is 1. The summed E-state index contributed by atoms with van der Waals surface area (Å²) in [7, 11) is 0. The number of aromatic hydroxyl groups is 1. The van der Waals surface area contributed by atoms with Gasteiger partial charge in [-0.1, -0.05) is 25.1 Å². The summed E-state index contributed by atoms with van der Waals surface area (Å²) in [6.07, 6.45) is 1.58. The Morgan fingerprint density at radius 3 is 2.71 bits per heavy atom. The van der Waals surface area contributed by atoms with Crippen molar-refractivity contribution in [2.24, 2.45) is 0 Å². The number of halogens is 1. The van der Waals surface area contributed by atoms with Crippen LogP contribution in [0.1, 0.15) is 17.3 Å². The molecule has 0 unspecified atom stereocenters. The fourth-order valence-electron chi connectivity index (χ4n) is 2.43. The van der Waals surface area contributed by atoms with Crippen molar-refractivity contribution in [2.45, 2.75) is 13.5 Å². The standard InChI is InChI=1S/C17H21N3O3.ClH/c1-3-11-20-13-8-6-5-7-12(13)15(21)14(17(20)23)16(22)19-10-9-18-4-2;/h3,5-8,18,21H,1,4,9-11H2,2H3,(H,19,22);1H/p-1. The van der Waals surface area contributed by atoms with E-state index in [-0.39, 0.29) is 30.3 Å². The highest BCUT2D eigenvalue weighted by molar-refractivity contribution is 6.02. The van der Waals surface area contributed by atoms with Gasteiger partial charge in [0.2, 0.25) is 0 Å². The lowest BCUT2D eigenvalue weighted by atomic mass is 10.1. The molecule has 2 rings (SSSR count). The van der Waals surface area contributed by atoms with Crippen LogP contribution in [-0.4, -0.2) is 35.2 Å². The van der Waals surface area contributed by atoms with Crippen LogP contribution in [-0.2, 0) is 6.54 Å². The first-order valence-electron chi connectivity index (χ1n) is 7.56. The minimum absolute atomic E-state index is 0. The number of pyridine rings is 1. The molecule has 1 aromatic heterocycles. The van der Waals surface area contributed by atoms with Crippen LogP contribution in [0.25, 0.3) is 10.9 Å². The number of aromatic nitrogens is 1. The van der Waals surface area contributed by atoms with Crippen molar-refractivity contribution in [1.29, 1.82) is 0 Å². The summed E-state index contributed by atoms with van der Waals surface area (Å²) < 4.78 is 1.43. The Morgan fingerprint density at radius 2 is 2.04 bits per heavy atom. The topological polar surface area (TPSA) is 83.4 Å². The van der Waals surface area contributed by atoms with Gasteiger partial charge in [-0.25, -0.2) is 0 Å². The predicted molar refractivity (Wildman–Crippen MR) is 90.9 cm³/mol. The van der Waals surface area contributed by atoms with E-state index in [9.17, 15) is 14.7 Å². The highest BCUT2D eigenvalue weighted by Gasteiger charge is 2.21. The fourth-order valence-corrected chi connectivity index (χ4v) is 2.43. The number of nitrogens with zero attached hydrogens (tertiary/aromatic N) is 1.